The Balaban J connectivity index is 1.70. The van der Waals surface area contributed by atoms with E-state index in [1.165, 1.54) is 25.7 Å². The summed E-state index contributed by atoms with van der Waals surface area (Å²) < 4.78 is 0. The average Bonchev–Trinajstić information content (AvgIpc) is 2.45. The van der Waals surface area contributed by atoms with Gasteiger partial charge in [0.05, 0.1) is 6.04 Å². The minimum atomic E-state index is -0.324. The van der Waals surface area contributed by atoms with Crippen LogP contribution in [0.3, 0.4) is 0 Å². The summed E-state index contributed by atoms with van der Waals surface area (Å²) in [5.41, 5.74) is -0.324. The summed E-state index contributed by atoms with van der Waals surface area (Å²) in [6, 6.07) is 0.596. The first-order valence-electron chi connectivity index (χ1n) is 9.46. The number of amides is 1. The number of Topliss-reactive ketones (excluding diaryl/α,β-unsaturated/α-hetero) is 1. The Hall–Kier alpha value is -0.900. The number of hydrogen-bond acceptors (Lipinski definition) is 3. The van der Waals surface area contributed by atoms with Crippen molar-refractivity contribution in [1.82, 2.24) is 10.6 Å². The number of hydrogen-bond donors (Lipinski definition) is 2. The van der Waals surface area contributed by atoms with E-state index in [1.54, 1.807) is 0 Å². The minimum Gasteiger partial charge on any atom is -0.356 e. The van der Waals surface area contributed by atoms with Crippen LogP contribution >= 0.6 is 0 Å². The van der Waals surface area contributed by atoms with E-state index in [1.807, 2.05) is 20.8 Å². The van der Waals surface area contributed by atoms with Crippen molar-refractivity contribution in [2.24, 2.45) is 11.3 Å². The van der Waals surface area contributed by atoms with Gasteiger partial charge in [-0.2, -0.15) is 0 Å². The molecule has 3 unspecified atom stereocenters. The molecule has 1 aliphatic heterocycles. The van der Waals surface area contributed by atoms with Gasteiger partial charge in [-0.1, -0.05) is 40.0 Å². The molecular formula is C19H34N2O2. The fourth-order valence-electron chi connectivity index (χ4n) is 3.76. The van der Waals surface area contributed by atoms with E-state index in [9.17, 15) is 9.59 Å². The van der Waals surface area contributed by atoms with Gasteiger partial charge < -0.3 is 10.6 Å². The number of ketones is 1. The zero-order valence-electron chi connectivity index (χ0n) is 15.1. The molecule has 0 aromatic carbocycles. The maximum Gasteiger partial charge on any atom is 0.225 e. The molecule has 2 N–H and O–H groups in total. The smallest absolute Gasteiger partial charge is 0.225 e. The van der Waals surface area contributed by atoms with E-state index < -0.39 is 0 Å². The molecule has 1 saturated carbocycles. The highest BCUT2D eigenvalue weighted by Gasteiger charge is 2.35. The third-order valence-electron chi connectivity index (χ3n) is 5.24. The van der Waals surface area contributed by atoms with E-state index in [-0.39, 0.29) is 17.4 Å². The van der Waals surface area contributed by atoms with Crippen molar-refractivity contribution in [2.75, 3.05) is 6.54 Å². The zero-order valence-corrected chi connectivity index (χ0v) is 15.1. The molecule has 1 saturated heterocycles. The van der Waals surface area contributed by atoms with Crippen molar-refractivity contribution in [3.8, 4) is 0 Å². The molecule has 3 atom stereocenters. The fraction of sp³-hybridized carbons (Fsp3) is 0.895. The second-order valence-electron chi connectivity index (χ2n) is 8.39. The first-order chi connectivity index (χ1) is 10.9. The summed E-state index contributed by atoms with van der Waals surface area (Å²) in [6.45, 7) is 6.50. The molecule has 0 aromatic heterocycles. The maximum atomic E-state index is 12.6. The molecule has 4 nitrogen and oxygen atoms in total. The van der Waals surface area contributed by atoms with Gasteiger partial charge in [0.25, 0.3) is 0 Å². The Labute approximate surface area is 141 Å². The highest BCUT2D eigenvalue weighted by molar-refractivity contribution is 5.87. The van der Waals surface area contributed by atoms with E-state index >= 15 is 0 Å². The van der Waals surface area contributed by atoms with Crippen LogP contribution in [0.1, 0.15) is 78.6 Å². The minimum absolute atomic E-state index is 0.0511. The van der Waals surface area contributed by atoms with E-state index in [0.29, 0.717) is 24.3 Å². The summed E-state index contributed by atoms with van der Waals surface area (Å²) in [7, 11) is 0. The average molecular weight is 322 g/mol. The third-order valence-corrected chi connectivity index (χ3v) is 5.24. The largest absolute Gasteiger partial charge is 0.356 e. The highest BCUT2D eigenvalue weighted by atomic mass is 16.2. The number of nitrogens with one attached hydrogen (secondary N) is 2. The van der Waals surface area contributed by atoms with E-state index in [4.69, 9.17) is 0 Å². The van der Waals surface area contributed by atoms with Crippen LogP contribution in [0, 0.1) is 11.3 Å². The maximum absolute atomic E-state index is 12.6. The van der Waals surface area contributed by atoms with Gasteiger partial charge in [-0.3, -0.25) is 9.59 Å². The van der Waals surface area contributed by atoms with Gasteiger partial charge >= 0.3 is 0 Å². The molecule has 132 valence electrons. The van der Waals surface area contributed by atoms with Crippen LogP contribution in [0.4, 0.5) is 0 Å². The lowest BCUT2D eigenvalue weighted by Gasteiger charge is -2.37. The van der Waals surface area contributed by atoms with Gasteiger partial charge in [-0.25, -0.2) is 0 Å². The third kappa shape index (κ3) is 5.59. The van der Waals surface area contributed by atoms with Gasteiger partial charge in [0.2, 0.25) is 5.91 Å². The predicted molar refractivity (Wildman–Crippen MR) is 93.2 cm³/mol. The van der Waals surface area contributed by atoms with Crippen LogP contribution in [0.2, 0.25) is 0 Å². The first-order valence-corrected chi connectivity index (χ1v) is 9.46. The molecule has 23 heavy (non-hydrogen) atoms. The SMILES string of the molecule is CC(C)(C)C(=O)NCCCCC1NC2CCCCCC(C2)C1=O. The molecule has 0 radical (unpaired) electrons. The quantitative estimate of drug-likeness (QED) is 0.764. The van der Waals surface area contributed by atoms with E-state index in [0.717, 1.165) is 32.1 Å². The zero-order chi connectivity index (χ0) is 16.9. The lowest BCUT2D eigenvalue weighted by molar-refractivity contribution is -0.129. The van der Waals surface area contributed by atoms with Gasteiger partial charge in [-0.15, -0.1) is 0 Å². The molecule has 2 fully saturated rings. The molecule has 0 spiro atoms. The number of rotatable bonds is 5. The van der Waals surface area contributed by atoms with Crippen molar-refractivity contribution >= 4 is 11.7 Å². The van der Waals surface area contributed by atoms with E-state index in [2.05, 4.69) is 10.6 Å². The van der Waals surface area contributed by atoms with Gasteiger partial charge in [0.15, 0.2) is 5.78 Å². The molecule has 1 aliphatic carbocycles. The van der Waals surface area contributed by atoms with Crippen LogP contribution in [0.5, 0.6) is 0 Å². The lowest BCUT2D eigenvalue weighted by atomic mass is 9.78. The number of carbonyl (C=O) groups is 2. The van der Waals surface area contributed by atoms with Crippen molar-refractivity contribution in [3.05, 3.63) is 0 Å². The van der Waals surface area contributed by atoms with Crippen molar-refractivity contribution in [3.63, 3.8) is 0 Å². The highest BCUT2D eigenvalue weighted by Crippen LogP contribution is 2.29. The van der Waals surface area contributed by atoms with Crippen LogP contribution in [-0.4, -0.2) is 30.3 Å². The molecule has 2 rings (SSSR count). The Morgan fingerprint density at radius 2 is 1.91 bits per heavy atom. The predicted octanol–water partition coefficient (Wildman–Crippen LogP) is 3.20. The van der Waals surface area contributed by atoms with Crippen molar-refractivity contribution in [2.45, 2.75) is 90.6 Å². The Morgan fingerprint density at radius 1 is 1.17 bits per heavy atom. The number of piperidine rings is 1. The summed E-state index contributed by atoms with van der Waals surface area (Å²) >= 11 is 0. The standard InChI is InChI=1S/C19H34N2O2/c1-19(2,3)18(23)20-12-8-7-11-16-17(22)14-9-5-4-6-10-15(13-14)21-16/h14-16,21H,4-13H2,1-3H3,(H,20,23). The van der Waals surface area contributed by atoms with Crippen molar-refractivity contribution in [1.29, 1.82) is 0 Å². The second kappa shape index (κ2) is 8.27. The summed E-state index contributed by atoms with van der Waals surface area (Å²) in [4.78, 5) is 24.4. The lowest BCUT2D eigenvalue weighted by Crippen LogP contribution is -2.52. The van der Waals surface area contributed by atoms with Crippen LogP contribution in [0.25, 0.3) is 0 Å². The molecule has 2 bridgehead atoms. The number of carbonyl (C=O) groups excluding carboxylic acids is 2. The Kier molecular flexibility index (Phi) is 6.63. The topological polar surface area (TPSA) is 58.2 Å². The molecule has 1 amide bonds. The number of unbranched alkanes of at least 4 members (excludes halogenated alkanes) is 1. The van der Waals surface area contributed by atoms with Crippen LogP contribution < -0.4 is 10.6 Å². The normalized spacial score (nSPS) is 28.8. The molecule has 1 heterocycles. The summed E-state index contributed by atoms with van der Waals surface area (Å²) in [6.07, 6.45) is 10.0. The molecule has 0 aromatic rings. The van der Waals surface area contributed by atoms with Crippen LogP contribution in [-0.2, 0) is 9.59 Å². The van der Waals surface area contributed by atoms with Crippen molar-refractivity contribution < 1.29 is 9.59 Å². The second-order valence-corrected chi connectivity index (χ2v) is 8.39. The monoisotopic (exact) mass is 322 g/mol. The van der Waals surface area contributed by atoms with Gasteiger partial charge in [0.1, 0.15) is 0 Å². The summed E-state index contributed by atoms with van der Waals surface area (Å²) in [5.74, 6) is 0.848. The van der Waals surface area contributed by atoms with Crippen LogP contribution in [0.15, 0.2) is 0 Å². The molecule has 2 aliphatic rings. The molecular weight excluding hydrogens is 288 g/mol. The van der Waals surface area contributed by atoms with Gasteiger partial charge in [-0.05, 0) is 38.5 Å². The number of fused-ring (bicyclic) bond motifs is 2. The summed E-state index contributed by atoms with van der Waals surface area (Å²) in [5, 5.41) is 6.57. The fourth-order valence-corrected chi connectivity index (χ4v) is 3.76. The van der Waals surface area contributed by atoms with Gasteiger partial charge in [0, 0.05) is 23.9 Å². The molecule has 4 heteroatoms. The Bertz CT molecular complexity index is 414. The first kappa shape index (κ1) is 18.4. The Morgan fingerprint density at radius 3 is 2.65 bits per heavy atom.